The molecule has 0 saturated heterocycles. The molecule has 0 spiro atoms. The number of anilines is 2. The molecule has 0 radical (unpaired) electrons. The molecular formula is C24H28N3O5S3-. The Hall–Kier alpha value is -2.76. The van der Waals surface area contributed by atoms with E-state index in [2.05, 4.69) is 22.5 Å². The number of thiophene rings is 1. The predicted molar refractivity (Wildman–Crippen MR) is 138 cm³/mol. The second kappa shape index (κ2) is 12.8. The second-order valence-electron chi connectivity index (χ2n) is 8.00. The zero-order valence-electron chi connectivity index (χ0n) is 19.4. The van der Waals surface area contributed by atoms with Gasteiger partial charge in [0.25, 0.3) is 5.91 Å². The van der Waals surface area contributed by atoms with Crippen LogP contribution in [0, 0.1) is 0 Å². The lowest BCUT2D eigenvalue weighted by atomic mass is 10.2. The fourth-order valence-corrected chi connectivity index (χ4v) is 6.53. The summed E-state index contributed by atoms with van der Waals surface area (Å²) in [6.07, 6.45) is 4.52. The van der Waals surface area contributed by atoms with Crippen molar-refractivity contribution < 1.29 is 23.1 Å². The second-order valence-corrected chi connectivity index (χ2v) is 12.1. The molecule has 188 valence electrons. The maximum atomic E-state index is 12.9. The van der Waals surface area contributed by atoms with Crippen LogP contribution in [-0.4, -0.2) is 31.0 Å². The van der Waals surface area contributed by atoms with E-state index in [1.807, 2.05) is 0 Å². The first-order chi connectivity index (χ1) is 16.8. The number of hydrogen-bond acceptors (Lipinski definition) is 9. The summed E-state index contributed by atoms with van der Waals surface area (Å²) in [5, 5.41) is 18.4. The molecule has 2 N–H and O–H groups in total. The van der Waals surface area contributed by atoms with Crippen LogP contribution in [0.3, 0.4) is 0 Å². The van der Waals surface area contributed by atoms with Crippen molar-refractivity contribution in [2.75, 3.05) is 16.4 Å². The monoisotopic (exact) mass is 534 g/mol. The minimum Gasteiger partial charge on any atom is -0.550 e. The van der Waals surface area contributed by atoms with Crippen LogP contribution in [0.2, 0.25) is 0 Å². The summed E-state index contributed by atoms with van der Waals surface area (Å²) in [7, 11) is -3.40. The van der Waals surface area contributed by atoms with E-state index in [-0.39, 0.29) is 18.1 Å². The molecule has 1 aromatic carbocycles. The number of carboxylic acids is 1. The molecule has 2 heterocycles. The van der Waals surface area contributed by atoms with E-state index in [4.69, 9.17) is 0 Å². The lowest BCUT2D eigenvalue weighted by Gasteiger charge is -2.12. The quantitative estimate of drug-likeness (QED) is 0.298. The Morgan fingerprint density at radius 2 is 1.83 bits per heavy atom. The van der Waals surface area contributed by atoms with Gasteiger partial charge in [0.2, 0.25) is 0 Å². The molecule has 3 aromatic rings. The first-order valence-electron chi connectivity index (χ1n) is 11.4. The topological polar surface area (TPSA) is 128 Å². The van der Waals surface area contributed by atoms with Crippen molar-refractivity contribution in [3.63, 3.8) is 0 Å². The number of sulfone groups is 1. The van der Waals surface area contributed by atoms with Gasteiger partial charge in [-0.1, -0.05) is 44.7 Å². The summed E-state index contributed by atoms with van der Waals surface area (Å²) in [6, 6.07) is 10.4. The lowest BCUT2D eigenvalue weighted by Crippen LogP contribution is -2.24. The number of hydrogen-bond donors (Lipinski definition) is 2. The third kappa shape index (κ3) is 8.15. The molecule has 0 aliphatic carbocycles. The number of nitrogens with zero attached hydrogens (tertiary/aromatic N) is 1. The Bertz CT molecular complexity index is 1250. The van der Waals surface area contributed by atoms with Gasteiger partial charge in [0.15, 0.2) is 15.0 Å². The van der Waals surface area contributed by atoms with E-state index in [1.54, 1.807) is 41.8 Å². The Labute approximate surface area is 213 Å². The highest BCUT2D eigenvalue weighted by molar-refractivity contribution is 7.91. The number of aliphatic carboxylic acids is 1. The van der Waals surface area contributed by atoms with Crippen LogP contribution in [-0.2, 0) is 27.6 Å². The Morgan fingerprint density at radius 1 is 1.06 bits per heavy atom. The van der Waals surface area contributed by atoms with E-state index < -0.39 is 15.8 Å². The minimum absolute atomic E-state index is 0.125. The van der Waals surface area contributed by atoms with Gasteiger partial charge in [0.1, 0.15) is 0 Å². The molecule has 0 aliphatic heterocycles. The Morgan fingerprint density at radius 3 is 2.60 bits per heavy atom. The summed E-state index contributed by atoms with van der Waals surface area (Å²) < 4.78 is 25.8. The van der Waals surface area contributed by atoms with Crippen molar-refractivity contribution >= 4 is 55.2 Å². The largest absolute Gasteiger partial charge is 0.550 e. The van der Waals surface area contributed by atoms with Crippen molar-refractivity contribution in [3.8, 4) is 0 Å². The number of nitrogens with one attached hydrogen (secondary N) is 2. The number of rotatable bonds is 14. The maximum Gasteiger partial charge on any atom is 0.267 e. The van der Waals surface area contributed by atoms with Gasteiger partial charge in [-0.2, -0.15) is 0 Å². The molecule has 0 atom stereocenters. The van der Waals surface area contributed by atoms with Crippen LogP contribution >= 0.6 is 22.7 Å². The van der Waals surface area contributed by atoms with Gasteiger partial charge in [-0.25, -0.2) is 13.4 Å². The van der Waals surface area contributed by atoms with Gasteiger partial charge < -0.3 is 15.2 Å². The standard InChI is InChI=1S/C24H29N3O5S3/c1-2-3-4-5-8-13-35(31,32)21-10-7-6-9-19(21)25-15-18-11-12-20(34-18)23(30)27-24-26-17(16-33-24)14-22(28)29/h6-7,9-12,16,25H,2-5,8,13-15H2,1H3,(H,28,29)(H,26,27,30)/p-1. The van der Waals surface area contributed by atoms with Gasteiger partial charge in [0, 0.05) is 29.2 Å². The molecule has 3 rings (SSSR count). The lowest BCUT2D eigenvalue weighted by molar-refractivity contribution is -0.304. The molecule has 1 amide bonds. The van der Waals surface area contributed by atoms with E-state index in [0.29, 0.717) is 39.3 Å². The maximum absolute atomic E-state index is 12.9. The first-order valence-corrected chi connectivity index (χ1v) is 14.7. The molecule has 0 aliphatic rings. The molecule has 35 heavy (non-hydrogen) atoms. The average Bonchev–Trinajstić information content (AvgIpc) is 3.47. The average molecular weight is 535 g/mol. The number of amides is 1. The fourth-order valence-electron chi connectivity index (χ4n) is 3.42. The molecule has 2 aromatic heterocycles. The molecule has 8 nitrogen and oxygen atoms in total. The molecule has 11 heteroatoms. The summed E-state index contributed by atoms with van der Waals surface area (Å²) in [4.78, 5) is 28.9. The summed E-state index contributed by atoms with van der Waals surface area (Å²) >= 11 is 2.42. The number of aromatic nitrogens is 1. The summed E-state index contributed by atoms with van der Waals surface area (Å²) in [6.45, 7) is 2.49. The molecule has 0 unspecified atom stereocenters. The molecule has 0 fully saturated rings. The van der Waals surface area contributed by atoms with Gasteiger partial charge in [0.05, 0.1) is 26.9 Å². The first kappa shape index (κ1) is 26.8. The van der Waals surface area contributed by atoms with Crippen LogP contribution in [0.1, 0.15) is 59.3 Å². The summed E-state index contributed by atoms with van der Waals surface area (Å²) in [5.74, 6) is -1.45. The van der Waals surface area contributed by atoms with E-state index in [0.717, 1.165) is 41.9 Å². The summed E-state index contributed by atoms with van der Waals surface area (Å²) in [5.41, 5.74) is 0.875. The van der Waals surface area contributed by atoms with Crippen molar-refractivity contribution in [1.82, 2.24) is 4.98 Å². The van der Waals surface area contributed by atoms with E-state index >= 15 is 0 Å². The number of para-hydroxylation sites is 1. The number of benzene rings is 1. The van der Waals surface area contributed by atoms with Crippen LogP contribution in [0.25, 0.3) is 0 Å². The van der Waals surface area contributed by atoms with Gasteiger partial charge in [-0.15, -0.1) is 22.7 Å². The van der Waals surface area contributed by atoms with Crippen molar-refractivity contribution in [2.45, 2.75) is 56.9 Å². The number of carboxylic acid groups (broad SMARTS) is 1. The zero-order chi connectivity index (χ0) is 25.3. The number of unbranched alkanes of at least 4 members (excludes halogenated alkanes) is 4. The van der Waals surface area contributed by atoms with Crippen LogP contribution in [0.5, 0.6) is 0 Å². The van der Waals surface area contributed by atoms with E-state index in [1.165, 1.54) is 11.3 Å². The fraction of sp³-hybridized carbons (Fsp3) is 0.375. The van der Waals surface area contributed by atoms with Crippen LogP contribution in [0.15, 0.2) is 46.7 Å². The molecule has 0 bridgehead atoms. The number of carbonyl (C=O) groups excluding carboxylic acids is 2. The van der Waals surface area contributed by atoms with Gasteiger partial charge >= 0.3 is 0 Å². The SMILES string of the molecule is CCCCCCCS(=O)(=O)c1ccccc1NCc1ccc(C(=O)Nc2nc(CC(=O)[O-])cs2)s1. The smallest absolute Gasteiger partial charge is 0.267 e. The highest BCUT2D eigenvalue weighted by Gasteiger charge is 2.18. The highest BCUT2D eigenvalue weighted by atomic mass is 32.2. The third-order valence-corrected chi connectivity index (χ3v) is 8.92. The van der Waals surface area contributed by atoms with E-state index in [9.17, 15) is 23.1 Å². The third-order valence-electron chi connectivity index (χ3n) is 5.17. The van der Waals surface area contributed by atoms with Crippen LogP contribution < -0.4 is 15.7 Å². The van der Waals surface area contributed by atoms with Gasteiger partial charge in [-0.05, 0) is 30.7 Å². The number of thiazole rings is 1. The van der Waals surface area contributed by atoms with Crippen molar-refractivity contribution in [3.05, 3.63) is 57.2 Å². The number of carbonyl (C=O) groups is 2. The predicted octanol–water partition coefficient (Wildman–Crippen LogP) is 4.11. The molecular weight excluding hydrogens is 506 g/mol. The van der Waals surface area contributed by atoms with Crippen LogP contribution in [0.4, 0.5) is 10.8 Å². The molecule has 0 saturated carbocycles. The van der Waals surface area contributed by atoms with Gasteiger partial charge in [-0.3, -0.25) is 10.1 Å². The van der Waals surface area contributed by atoms with Crippen molar-refractivity contribution in [2.24, 2.45) is 0 Å². The Balaban J connectivity index is 1.58. The normalized spacial score (nSPS) is 11.3. The minimum atomic E-state index is -3.40. The zero-order valence-corrected chi connectivity index (χ0v) is 21.9. The van der Waals surface area contributed by atoms with Crippen molar-refractivity contribution in [1.29, 1.82) is 0 Å². The highest BCUT2D eigenvalue weighted by Crippen LogP contribution is 2.26. The Kier molecular flexibility index (Phi) is 9.82.